The van der Waals surface area contributed by atoms with Crippen LogP contribution in [-0.4, -0.2) is 24.0 Å². The molecule has 0 bridgehead atoms. The molecule has 0 atom stereocenters. The van der Waals surface area contributed by atoms with Gasteiger partial charge in [-0.05, 0) is 12.8 Å². The molecule has 14 heavy (non-hydrogen) atoms. The van der Waals surface area contributed by atoms with Gasteiger partial charge in [-0.2, -0.15) is 0 Å². The zero-order valence-corrected chi connectivity index (χ0v) is 10.8. The van der Waals surface area contributed by atoms with E-state index in [1.165, 1.54) is 44.9 Å². The number of hydrogen-bond acceptors (Lipinski definition) is 1. The van der Waals surface area contributed by atoms with Crippen molar-refractivity contribution < 1.29 is 0 Å². The molecule has 0 aromatic heterocycles. The minimum atomic E-state index is 1.09. The zero-order chi connectivity index (χ0) is 10.8. The molecular formula is C12H25NS. The van der Waals surface area contributed by atoms with Crippen molar-refractivity contribution in [2.75, 3.05) is 14.1 Å². The molecule has 0 spiro atoms. The van der Waals surface area contributed by atoms with Crippen LogP contribution in [0.3, 0.4) is 0 Å². The van der Waals surface area contributed by atoms with Crippen LogP contribution >= 0.6 is 12.2 Å². The molecule has 0 aliphatic rings. The van der Waals surface area contributed by atoms with Gasteiger partial charge in [-0.1, -0.05) is 57.7 Å². The van der Waals surface area contributed by atoms with Crippen LogP contribution in [0.4, 0.5) is 0 Å². The molecule has 0 saturated heterocycles. The number of rotatable bonds is 8. The van der Waals surface area contributed by atoms with E-state index in [1.54, 1.807) is 0 Å². The molecule has 0 fully saturated rings. The minimum absolute atomic E-state index is 1.09. The van der Waals surface area contributed by atoms with Gasteiger partial charge in [0.05, 0.1) is 4.99 Å². The summed E-state index contributed by atoms with van der Waals surface area (Å²) in [6.07, 6.45) is 10.6. The lowest BCUT2D eigenvalue weighted by molar-refractivity contribution is 0.575. The van der Waals surface area contributed by atoms with Crippen molar-refractivity contribution in [1.29, 1.82) is 0 Å². The van der Waals surface area contributed by atoms with E-state index in [1.807, 2.05) is 19.0 Å². The summed E-state index contributed by atoms with van der Waals surface area (Å²) in [6.45, 7) is 2.26. The largest absolute Gasteiger partial charge is 0.372 e. The summed E-state index contributed by atoms with van der Waals surface area (Å²) >= 11 is 5.22. The molecule has 0 aromatic rings. The fraction of sp³-hybridized carbons (Fsp3) is 0.917. The molecule has 0 aliphatic carbocycles. The maximum absolute atomic E-state index is 5.22. The highest BCUT2D eigenvalue weighted by molar-refractivity contribution is 7.80. The summed E-state index contributed by atoms with van der Waals surface area (Å²) in [4.78, 5) is 3.14. The second-order valence-corrected chi connectivity index (χ2v) is 4.63. The maximum Gasteiger partial charge on any atom is 0.0774 e. The van der Waals surface area contributed by atoms with Crippen molar-refractivity contribution in [1.82, 2.24) is 4.90 Å². The third-order valence-corrected chi connectivity index (χ3v) is 3.06. The average molecular weight is 215 g/mol. The van der Waals surface area contributed by atoms with Crippen molar-refractivity contribution in [3.05, 3.63) is 0 Å². The van der Waals surface area contributed by atoms with Crippen LogP contribution in [0.1, 0.15) is 58.3 Å². The van der Waals surface area contributed by atoms with Crippen molar-refractivity contribution in [3.8, 4) is 0 Å². The Morgan fingerprint density at radius 1 is 0.929 bits per heavy atom. The Balaban J connectivity index is 3.10. The lowest BCUT2D eigenvalue weighted by atomic mass is 10.1. The summed E-state index contributed by atoms with van der Waals surface area (Å²) in [6, 6.07) is 0. The minimum Gasteiger partial charge on any atom is -0.372 e. The summed E-state index contributed by atoms with van der Waals surface area (Å²) < 4.78 is 0. The van der Waals surface area contributed by atoms with Crippen LogP contribution in [0.5, 0.6) is 0 Å². The SMILES string of the molecule is CCCCCCCCCC(=S)N(C)C. The predicted octanol–water partition coefficient (Wildman–Crippen LogP) is 4.02. The van der Waals surface area contributed by atoms with E-state index in [2.05, 4.69) is 6.92 Å². The monoisotopic (exact) mass is 215 g/mol. The molecular weight excluding hydrogens is 190 g/mol. The fourth-order valence-corrected chi connectivity index (χ4v) is 1.60. The Hall–Kier alpha value is -0.110. The Morgan fingerprint density at radius 2 is 1.43 bits per heavy atom. The molecule has 0 unspecified atom stereocenters. The van der Waals surface area contributed by atoms with Gasteiger partial charge in [-0.3, -0.25) is 0 Å². The first-order chi connectivity index (χ1) is 6.68. The van der Waals surface area contributed by atoms with E-state index in [4.69, 9.17) is 12.2 Å². The van der Waals surface area contributed by atoms with Crippen LogP contribution in [0.25, 0.3) is 0 Å². The summed E-state index contributed by atoms with van der Waals surface area (Å²) in [5.41, 5.74) is 0. The highest BCUT2D eigenvalue weighted by Gasteiger charge is 1.98. The summed E-state index contributed by atoms with van der Waals surface area (Å²) in [5, 5.41) is 0. The van der Waals surface area contributed by atoms with E-state index in [-0.39, 0.29) is 0 Å². The van der Waals surface area contributed by atoms with Crippen molar-refractivity contribution in [2.24, 2.45) is 0 Å². The topological polar surface area (TPSA) is 3.24 Å². The van der Waals surface area contributed by atoms with Gasteiger partial charge in [0.2, 0.25) is 0 Å². The average Bonchev–Trinajstić information content (AvgIpc) is 2.16. The highest BCUT2D eigenvalue weighted by atomic mass is 32.1. The van der Waals surface area contributed by atoms with Crippen LogP contribution < -0.4 is 0 Å². The first kappa shape index (κ1) is 13.9. The number of thiocarbonyl (C=S) groups is 1. The summed E-state index contributed by atoms with van der Waals surface area (Å²) in [7, 11) is 4.06. The zero-order valence-electron chi connectivity index (χ0n) is 10.0. The number of hydrogen-bond donors (Lipinski definition) is 0. The standard InChI is InChI=1S/C12H25NS/c1-4-5-6-7-8-9-10-11-12(14)13(2)3/h4-11H2,1-3H3. The maximum atomic E-state index is 5.22. The van der Waals surface area contributed by atoms with Crippen LogP contribution in [-0.2, 0) is 0 Å². The lowest BCUT2D eigenvalue weighted by Crippen LogP contribution is -2.19. The van der Waals surface area contributed by atoms with Crippen LogP contribution in [0.2, 0.25) is 0 Å². The highest BCUT2D eigenvalue weighted by Crippen LogP contribution is 2.09. The molecule has 0 radical (unpaired) electrons. The third kappa shape index (κ3) is 8.49. The molecule has 0 saturated carbocycles. The van der Waals surface area contributed by atoms with Gasteiger partial charge >= 0.3 is 0 Å². The molecule has 0 aliphatic heterocycles. The van der Waals surface area contributed by atoms with Crippen LogP contribution in [0, 0.1) is 0 Å². The first-order valence-corrected chi connectivity index (χ1v) is 6.29. The van der Waals surface area contributed by atoms with Gasteiger partial charge in [0.25, 0.3) is 0 Å². The third-order valence-electron chi connectivity index (χ3n) is 2.49. The van der Waals surface area contributed by atoms with Gasteiger partial charge < -0.3 is 4.90 Å². The fourth-order valence-electron chi connectivity index (χ4n) is 1.46. The second kappa shape index (κ2) is 9.45. The van der Waals surface area contributed by atoms with Gasteiger partial charge in [-0.25, -0.2) is 0 Å². The molecule has 1 nitrogen and oxygen atoms in total. The Morgan fingerprint density at radius 3 is 1.93 bits per heavy atom. The molecule has 0 amide bonds. The molecule has 2 heteroatoms. The van der Waals surface area contributed by atoms with E-state index in [9.17, 15) is 0 Å². The second-order valence-electron chi connectivity index (χ2n) is 4.16. The van der Waals surface area contributed by atoms with Gasteiger partial charge in [0.15, 0.2) is 0 Å². The van der Waals surface area contributed by atoms with Crippen LogP contribution in [0.15, 0.2) is 0 Å². The van der Waals surface area contributed by atoms with Gasteiger partial charge in [-0.15, -0.1) is 0 Å². The molecule has 0 rings (SSSR count). The Bertz CT molecular complexity index is 143. The number of unbranched alkanes of at least 4 members (excludes halogenated alkanes) is 6. The Labute approximate surface area is 94.9 Å². The summed E-state index contributed by atoms with van der Waals surface area (Å²) in [5.74, 6) is 0. The lowest BCUT2D eigenvalue weighted by Gasteiger charge is -2.12. The van der Waals surface area contributed by atoms with Crippen molar-refractivity contribution >= 4 is 17.2 Å². The van der Waals surface area contributed by atoms with E-state index >= 15 is 0 Å². The molecule has 0 N–H and O–H groups in total. The van der Waals surface area contributed by atoms with Gasteiger partial charge in [0, 0.05) is 14.1 Å². The van der Waals surface area contributed by atoms with Crippen molar-refractivity contribution in [2.45, 2.75) is 58.3 Å². The molecule has 84 valence electrons. The smallest absolute Gasteiger partial charge is 0.0774 e. The van der Waals surface area contributed by atoms with E-state index in [0.717, 1.165) is 11.4 Å². The Kier molecular flexibility index (Phi) is 9.37. The quantitative estimate of drug-likeness (QED) is 0.444. The predicted molar refractivity (Wildman–Crippen MR) is 68.9 cm³/mol. The molecule has 0 aromatic carbocycles. The van der Waals surface area contributed by atoms with E-state index < -0.39 is 0 Å². The van der Waals surface area contributed by atoms with E-state index in [0.29, 0.717) is 0 Å². The van der Waals surface area contributed by atoms with Crippen molar-refractivity contribution in [3.63, 3.8) is 0 Å². The number of nitrogens with zero attached hydrogens (tertiary/aromatic N) is 1. The first-order valence-electron chi connectivity index (χ1n) is 5.88. The van der Waals surface area contributed by atoms with Gasteiger partial charge in [0.1, 0.15) is 0 Å². The normalized spacial score (nSPS) is 10.2. The molecule has 0 heterocycles.